The Kier molecular flexibility index (Phi) is 5.51. The summed E-state index contributed by atoms with van der Waals surface area (Å²) in [7, 11) is 0. The second-order valence-corrected chi connectivity index (χ2v) is 7.56. The Morgan fingerprint density at radius 2 is 1.70 bits per heavy atom. The molecule has 0 spiro atoms. The Hall–Kier alpha value is -3.24. The van der Waals surface area contributed by atoms with Gasteiger partial charge < -0.3 is 0 Å². The summed E-state index contributed by atoms with van der Waals surface area (Å²) in [5.74, 6) is -0.203. The summed E-state index contributed by atoms with van der Waals surface area (Å²) >= 11 is 0. The van der Waals surface area contributed by atoms with E-state index in [0.29, 0.717) is 12.1 Å². The molecule has 0 amide bonds. The van der Waals surface area contributed by atoms with E-state index in [-0.39, 0.29) is 12.3 Å². The van der Waals surface area contributed by atoms with Crippen LogP contribution < -0.4 is 0 Å². The average molecular weight is 407 g/mol. The molecule has 6 heteroatoms. The van der Waals surface area contributed by atoms with Crippen LogP contribution in [-0.2, 0) is 6.42 Å². The molecule has 0 heterocycles. The van der Waals surface area contributed by atoms with E-state index in [9.17, 15) is 13.2 Å². The first-order valence-electron chi connectivity index (χ1n) is 9.88. The lowest BCUT2D eigenvalue weighted by Gasteiger charge is -2.22. The van der Waals surface area contributed by atoms with Crippen molar-refractivity contribution < 1.29 is 13.2 Å². The summed E-state index contributed by atoms with van der Waals surface area (Å²) in [5, 5.41) is 3.81. The highest BCUT2D eigenvalue weighted by molar-refractivity contribution is 5.81. The van der Waals surface area contributed by atoms with E-state index < -0.39 is 12.6 Å². The number of hydrogen-bond donors (Lipinski definition) is 0. The first-order valence-corrected chi connectivity index (χ1v) is 9.88. The second kappa shape index (κ2) is 8.25. The third-order valence-electron chi connectivity index (χ3n) is 5.63. The van der Waals surface area contributed by atoms with Gasteiger partial charge in [-0.25, -0.2) is 0 Å². The zero-order valence-electron chi connectivity index (χ0n) is 16.2. The first-order chi connectivity index (χ1) is 14.5. The Morgan fingerprint density at radius 1 is 0.967 bits per heavy atom. The summed E-state index contributed by atoms with van der Waals surface area (Å²) in [6, 6.07) is 21.4. The number of azide groups is 1. The minimum absolute atomic E-state index is 0.0382. The fourth-order valence-corrected chi connectivity index (χ4v) is 4.36. The summed E-state index contributed by atoms with van der Waals surface area (Å²) in [6.07, 6.45) is -3.86. The summed E-state index contributed by atoms with van der Waals surface area (Å²) in [4.78, 5) is 2.93. The molecule has 0 fully saturated rings. The summed E-state index contributed by atoms with van der Waals surface area (Å²) in [6.45, 7) is 0. The van der Waals surface area contributed by atoms with Crippen molar-refractivity contribution in [3.8, 4) is 11.1 Å². The van der Waals surface area contributed by atoms with E-state index in [4.69, 9.17) is 5.53 Å². The predicted octanol–water partition coefficient (Wildman–Crippen LogP) is 8.06. The third-order valence-corrected chi connectivity index (χ3v) is 5.63. The van der Waals surface area contributed by atoms with E-state index >= 15 is 0 Å². The van der Waals surface area contributed by atoms with Gasteiger partial charge in [-0.05, 0) is 70.3 Å². The van der Waals surface area contributed by atoms with E-state index in [0.717, 1.165) is 34.2 Å². The SMILES string of the molecule is [N-]=[N+]=Nc1cc2c(c(C(CCCC(F)(F)F)c3ccccc3)c1)Cc1ccccc1-2. The quantitative estimate of drug-likeness (QED) is 0.176. The Bertz CT molecular complexity index is 1100. The van der Waals surface area contributed by atoms with E-state index in [1.807, 2.05) is 60.7 Å². The Morgan fingerprint density at radius 3 is 2.43 bits per heavy atom. The highest BCUT2D eigenvalue weighted by Gasteiger charge is 2.29. The number of rotatable bonds is 6. The van der Waals surface area contributed by atoms with Crippen molar-refractivity contribution >= 4 is 5.69 Å². The monoisotopic (exact) mass is 407 g/mol. The highest BCUT2D eigenvalue weighted by atomic mass is 19.4. The molecule has 0 aromatic heterocycles. The molecule has 0 radical (unpaired) electrons. The largest absolute Gasteiger partial charge is 0.389 e. The zero-order chi connectivity index (χ0) is 21.1. The average Bonchev–Trinajstić information content (AvgIpc) is 3.10. The van der Waals surface area contributed by atoms with E-state index in [2.05, 4.69) is 16.1 Å². The molecule has 0 saturated heterocycles. The molecule has 1 unspecified atom stereocenters. The first kappa shape index (κ1) is 20.0. The lowest BCUT2D eigenvalue weighted by Crippen LogP contribution is -2.10. The van der Waals surface area contributed by atoms with Gasteiger partial charge in [-0.1, -0.05) is 59.7 Å². The van der Waals surface area contributed by atoms with Crippen LogP contribution in [0.5, 0.6) is 0 Å². The van der Waals surface area contributed by atoms with Crippen LogP contribution in [0.2, 0.25) is 0 Å². The molecular weight excluding hydrogens is 387 g/mol. The standard InChI is InChI=1S/C24H20F3N3/c25-24(26,27)12-6-11-19(16-7-2-1-3-8-16)22-14-18(29-30-28)15-23-20-10-5-4-9-17(20)13-21(22)23/h1-5,7-10,14-15,19H,6,11-13H2. The van der Waals surface area contributed by atoms with Gasteiger partial charge in [0.2, 0.25) is 0 Å². The molecule has 30 heavy (non-hydrogen) atoms. The molecule has 0 saturated carbocycles. The van der Waals surface area contributed by atoms with Crippen molar-refractivity contribution in [2.45, 2.75) is 37.8 Å². The number of fused-ring (bicyclic) bond motifs is 3. The Balaban J connectivity index is 1.82. The maximum absolute atomic E-state index is 12.8. The Labute approximate surface area is 172 Å². The van der Waals surface area contributed by atoms with Gasteiger partial charge in [0.15, 0.2) is 0 Å². The van der Waals surface area contributed by atoms with Gasteiger partial charge in [-0.3, -0.25) is 0 Å². The van der Waals surface area contributed by atoms with Gasteiger partial charge in [0.1, 0.15) is 0 Å². The fraction of sp³-hybridized carbons (Fsp3) is 0.250. The number of halogens is 3. The van der Waals surface area contributed by atoms with Crippen molar-refractivity contribution in [3.05, 3.63) is 99.4 Å². The molecule has 4 rings (SSSR count). The van der Waals surface area contributed by atoms with Crippen molar-refractivity contribution in [2.75, 3.05) is 0 Å². The fourth-order valence-electron chi connectivity index (χ4n) is 4.36. The number of alkyl halides is 3. The van der Waals surface area contributed by atoms with Crippen LogP contribution in [-0.4, -0.2) is 6.18 Å². The van der Waals surface area contributed by atoms with Crippen LogP contribution in [0.25, 0.3) is 21.6 Å². The van der Waals surface area contributed by atoms with Gasteiger partial charge >= 0.3 is 6.18 Å². The molecule has 1 aliphatic rings. The smallest absolute Gasteiger partial charge is 0.171 e. The summed E-state index contributed by atoms with van der Waals surface area (Å²) < 4.78 is 38.5. The molecule has 0 aliphatic heterocycles. The molecule has 0 N–H and O–H groups in total. The highest BCUT2D eigenvalue weighted by Crippen LogP contribution is 2.45. The van der Waals surface area contributed by atoms with E-state index in [1.54, 1.807) is 0 Å². The number of hydrogen-bond acceptors (Lipinski definition) is 1. The van der Waals surface area contributed by atoms with Gasteiger partial charge in [0, 0.05) is 22.9 Å². The van der Waals surface area contributed by atoms with Crippen LogP contribution in [0.4, 0.5) is 18.9 Å². The van der Waals surface area contributed by atoms with Gasteiger partial charge in [0.05, 0.1) is 0 Å². The maximum Gasteiger partial charge on any atom is 0.389 e. The lowest BCUT2D eigenvalue weighted by atomic mass is 9.82. The topological polar surface area (TPSA) is 48.8 Å². The minimum atomic E-state index is -4.17. The molecule has 3 aromatic rings. The third kappa shape index (κ3) is 4.19. The van der Waals surface area contributed by atoms with Crippen LogP contribution in [0.3, 0.4) is 0 Å². The maximum atomic E-state index is 12.8. The molecule has 1 atom stereocenters. The van der Waals surface area contributed by atoms with Crippen LogP contribution in [0, 0.1) is 0 Å². The van der Waals surface area contributed by atoms with Crippen LogP contribution in [0.15, 0.2) is 71.8 Å². The van der Waals surface area contributed by atoms with E-state index in [1.165, 1.54) is 5.56 Å². The molecule has 3 aromatic carbocycles. The van der Waals surface area contributed by atoms with Crippen molar-refractivity contribution in [1.82, 2.24) is 0 Å². The molecule has 0 bridgehead atoms. The molecule has 3 nitrogen and oxygen atoms in total. The molecular formula is C24H20F3N3. The van der Waals surface area contributed by atoms with Crippen molar-refractivity contribution in [3.63, 3.8) is 0 Å². The van der Waals surface area contributed by atoms with Gasteiger partial charge in [-0.2, -0.15) is 13.2 Å². The normalized spacial score (nSPS) is 13.3. The van der Waals surface area contributed by atoms with Crippen LogP contribution >= 0.6 is 0 Å². The molecule has 152 valence electrons. The summed E-state index contributed by atoms with van der Waals surface area (Å²) in [5.41, 5.74) is 15.7. The van der Waals surface area contributed by atoms with Gasteiger partial charge in [-0.15, -0.1) is 0 Å². The second-order valence-electron chi connectivity index (χ2n) is 7.56. The van der Waals surface area contributed by atoms with Gasteiger partial charge in [0.25, 0.3) is 0 Å². The zero-order valence-corrected chi connectivity index (χ0v) is 16.2. The number of benzene rings is 3. The van der Waals surface area contributed by atoms with Crippen molar-refractivity contribution in [1.29, 1.82) is 0 Å². The van der Waals surface area contributed by atoms with Crippen LogP contribution in [0.1, 0.15) is 47.4 Å². The molecule has 1 aliphatic carbocycles. The van der Waals surface area contributed by atoms with Crippen molar-refractivity contribution in [2.24, 2.45) is 5.11 Å². The minimum Gasteiger partial charge on any atom is -0.171 e. The predicted molar refractivity (Wildman–Crippen MR) is 112 cm³/mol. The number of nitrogens with zero attached hydrogens (tertiary/aromatic N) is 3. The lowest BCUT2D eigenvalue weighted by molar-refractivity contribution is -0.135.